The van der Waals surface area contributed by atoms with Gasteiger partial charge in [-0.2, -0.15) is 0 Å². The van der Waals surface area contributed by atoms with E-state index in [0.717, 1.165) is 0 Å². The number of aliphatic hydroxyl groups excluding tert-OH is 1. The maximum absolute atomic E-state index is 12.9. The molecule has 0 aromatic heterocycles. The predicted octanol–water partition coefficient (Wildman–Crippen LogP) is 2.67. The Bertz CT molecular complexity index is 308. The predicted molar refractivity (Wildman–Crippen MR) is 52.8 cm³/mol. The van der Waals surface area contributed by atoms with E-state index in [4.69, 9.17) is 4.74 Å². The number of aliphatic hydroxyl groups is 1. The van der Waals surface area contributed by atoms with E-state index in [1.165, 1.54) is 18.2 Å². The monoisotopic (exact) mass is 198 g/mol. The lowest BCUT2D eigenvalue weighted by Gasteiger charge is -2.15. The molecule has 0 unspecified atom stereocenters. The number of rotatable bonds is 3. The van der Waals surface area contributed by atoms with Gasteiger partial charge in [-0.1, -0.05) is 0 Å². The fraction of sp³-hybridized carbons (Fsp3) is 0.455. The zero-order chi connectivity index (χ0) is 10.7. The third-order valence-corrected chi connectivity index (χ3v) is 1.79. The van der Waals surface area contributed by atoms with Crippen molar-refractivity contribution in [3.63, 3.8) is 0 Å². The Hall–Kier alpha value is -1.09. The van der Waals surface area contributed by atoms with Crippen molar-refractivity contribution in [2.45, 2.75) is 33.0 Å². The molecule has 0 saturated heterocycles. The van der Waals surface area contributed by atoms with Gasteiger partial charge in [0.05, 0.1) is 12.2 Å². The average molecular weight is 198 g/mol. The highest BCUT2D eigenvalue weighted by atomic mass is 19.1. The minimum atomic E-state index is -0.649. The Kier molecular flexibility index (Phi) is 3.47. The molecule has 0 fully saturated rings. The minimum absolute atomic E-state index is 0.0331. The summed E-state index contributed by atoms with van der Waals surface area (Å²) in [5, 5.41) is 9.41. The van der Waals surface area contributed by atoms with E-state index in [0.29, 0.717) is 11.3 Å². The van der Waals surface area contributed by atoms with Crippen LogP contribution in [-0.4, -0.2) is 11.2 Å². The second-order valence-electron chi connectivity index (χ2n) is 3.52. The topological polar surface area (TPSA) is 29.5 Å². The molecule has 1 rings (SSSR count). The van der Waals surface area contributed by atoms with Crippen LogP contribution in [0.1, 0.15) is 32.4 Å². The van der Waals surface area contributed by atoms with Crippen molar-refractivity contribution in [3.05, 3.63) is 29.6 Å². The molecule has 1 aromatic rings. The van der Waals surface area contributed by atoms with Gasteiger partial charge in [0, 0.05) is 11.6 Å². The summed E-state index contributed by atoms with van der Waals surface area (Å²) in [4.78, 5) is 0. The molecule has 2 nitrogen and oxygen atoms in total. The van der Waals surface area contributed by atoms with Crippen molar-refractivity contribution in [1.82, 2.24) is 0 Å². The van der Waals surface area contributed by atoms with Gasteiger partial charge in [-0.15, -0.1) is 0 Å². The van der Waals surface area contributed by atoms with Crippen LogP contribution in [0.2, 0.25) is 0 Å². The van der Waals surface area contributed by atoms with Crippen molar-refractivity contribution < 1.29 is 14.2 Å². The summed E-state index contributed by atoms with van der Waals surface area (Å²) in [6.45, 7) is 5.34. The first kappa shape index (κ1) is 11.0. The van der Waals surface area contributed by atoms with E-state index in [2.05, 4.69) is 0 Å². The van der Waals surface area contributed by atoms with Crippen molar-refractivity contribution >= 4 is 0 Å². The lowest BCUT2D eigenvalue weighted by atomic mass is 10.1. The average Bonchev–Trinajstić information content (AvgIpc) is 2.01. The second kappa shape index (κ2) is 4.42. The third-order valence-electron chi connectivity index (χ3n) is 1.79. The van der Waals surface area contributed by atoms with Crippen LogP contribution in [0, 0.1) is 5.82 Å². The molecule has 0 aliphatic carbocycles. The molecule has 0 heterocycles. The summed E-state index contributed by atoms with van der Waals surface area (Å²) in [6.07, 6.45) is -0.682. The largest absolute Gasteiger partial charge is 0.491 e. The van der Waals surface area contributed by atoms with Crippen molar-refractivity contribution in [3.8, 4) is 5.75 Å². The molecular formula is C11H15FO2. The van der Waals surface area contributed by atoms with Gasteiger partial charge in [0.2, 0.25) is 0 Å². The summed E-state index contributed by atoms with van der Waals surface area (Å²) < 4.78 is 18.3. The Morgan fingerprint density at radius 3 is 2.43 bits per heavy atom. The number of benzene rings is 1. The Balaban J connectivity index is 3.03. The summed E-state index contributed by atoms with van der Waals surface area (Å²) in [5.41, 5.74) is 0.611. The number of hydrogen-bond acceptors (Lipinski definition) is 2. The van der Waals surface area contributed by atoms with Gasteiger partial charge in [-0.25, -0.2) is 4.39 Å². The molecule has 3 heteroatoms. The van der Waals surface area contributed by atoms with Crippen LogP contribution in [0.3, 0.4) is 0 Å². The Labute approximate surface area is 83.3 Å². The molecule has 0 amide bonds. The van der Waals surface area contributed by atoms with E-state index in [1.807, 2.05) is 13.8 Å². The van der Waals surface area contributed by atoms with E-state index in [9.17, 15) is 9.50 Å². The van der Waals surface area contributed by atoms with Crippen LogP contribution >= 0.6 is 0 Å². The van der Waals surface area contributed by atoms with Gasteiger partial charge >= 0.3 is 0 Å². The lowest BCUT2D eigenvalue weighted by molar-refractivity contribution is 0.182. The zero-order valence-electron chi connectivity index (χ0n) is 8.62. The molecule has 0 bridgehead atoms. The van der Waals surface area contributed by atoms with E-state index >= 15 is 0 Å². The molecule has 1 N–H and O–H groups in total. The Morgan fingerprint density at radius 2 is 1.93 bits per heavy atom. The van der Waals surface area contributed by atoms with Crippen LogP contribution < -0.4 is 4.74 Å². The summed E-state index contributed by atoms with van der Waals surface area (Å²) >= 11 is 0. The molecule has 0 saturated carbocycles. The first-order valence-corrected chi connectivity index (χ1v) is 4.65. The SMILES string of the molecule is CC(C)Oc1cc(F)ccc1[C@H](C)O. The molecule has 1 aromatic carbocycles. The summed E-state index contributed by atoms with van der Waals surface area (Å²) in [7, 11) is 0. The highest BCUT2D eigenvalue weighted by Crippen LogP contribution is 2.26. The highest BCUT2D eigenvalue weighted by Gasteiger charge is 2.11. The second-order valence-corrected chi connectivity index (χ2v) is 3.52. The summed E-state index contributed by atoms with van der Waals surface area (Å²) in [5.74, 6) is 0.0556. The van der Waals surface area contributed by atoms with Crippen LogP contribution in [-0.2, 0) is 0 Å². The van der Waals surface area contributed by atoms with Crippen molar-refractivity contribution in [2.75, 3.05) is 0 Å². The number of ether oxygens (including phenoxy) is 1. The molecule has 1 atom stereocenters. The van der Waals surface area contributed by atoms with Crippen molar-refractivity contribution in [2.24, 2.45) is 0 Å². The maximum Gasteiger partial charge on any atom is 0.128 e. The van der Waals surface area contributed by atoms with E-state index in [-0.39, 0.29) is 11.9 Å². The van der Waals surface area contributed by atoms with Crippen molar-refractivity contribution in [1.29, 1.82) is 0 Å². The molecular weight excluding hydrogens is 183 g/mol. The van der Waals surface area contributed by atoms with E-state index in [1.54, 1.807) is 6.92 Å². The Morgan fingerprint density at radius 1 is 1.29 bits per heavy atom. The molecule has 78 valence electrons. The fourth-order valence-corrected chi connectivity index (χ4v) is 1.21. The van der Waals surface area contributed by atoms with Crippen LogP contribution in [0.15, 0.2) is 18.2 Å². The zero-order valence-corrected chi connectivity index (χ0v) is 8.62. The van der Waals surface area contributed by atoms with Crippen LogP contribution in [0.4, 0.5) is 4.39 Å². The smallest absolute Gasteiger partial charge is 0.128 e. The molecule has 0 aliphatic rings. The lowest BCUT2D eigenvalue weighted by Crippen LogP contribution is -2.08. The van der Waals surface area contributed by atoms with Gasteiger partial charge in [0.15, 0.2) is 0 Å². The highest BCUT2D eigenvalue weighted by molar-refractivity contribution is 5.35. The molecule has 0 aliphatic heterocycles. The first-order chi connectivity index (χ1) is 6.50. The summed E-state index contributed by atoms with van der Waals surface area (Å²) in [6, 6.07) is 4.15. The molecule has 0 radical (unpaired) electrons. The van der Waals surface area contributed by atoms with E-state index < -0.39 is 6.10 Å². The van der Waals surface area contributed by atoms with Gasteiger partial charge in [0.25, 0.3) is 0 Å². The van der Waals surface area contributed by atoms with Gasteiger partial charge in [0.1, 0.15) is 11.6 Å². The quantitative estimate of drug-likeness (QED) is 0.809. The third kappa shape index (κ3) is 2.70. The first-order valence-electron chi connectivity index (χ1n) is 4.65. The number of hydrogen-bond donors (Lipinski definition) is 1. The number of halogens is 1. The molecule has 14 heavy (non-hydrogen) atoms. The van der Waals surface area contributed by atoms with Gasteiger partial charge in [-0.05, 0) is 32.9 Å². The van der Waals surface area contributed by atoms with Gasteiger partial charge in [-0.3, -0.25) is 0 Å². The molecule has 0 spiro atoms. The van der Waals surface area contributed by atoms with Crippen LogP contribution in [0.25, 0.3) is 0 Å². The standard InChI is InChI=1S/C11H15FO2/c1-7(2)14-11-6-9(12)4-5-10(11)8(3)13/h4-8,13H,1-3H3/t8-/m0/s1. The van der Waals surface area contributed by atoms with Crippen LogP contribution in [0.5, 0.6) is 5.75 Å². The minimum Gasteiger partial charge on any atom is -0.491 e. The maximum atomic E-state index is 12.9. The normalized spacial score (nSPS) is 13.0. The fourth-order valence-electron chi connectivity index (χ4n) is 1.21. The van der Waals surface area contributed by atoms with Gasteiger partial charge < -0.3 is 9.84 Å².